The molecule has 1 aliphatic heterocycles. The van der Waals surface area contributed by atoms with Crippen molar-refractivity contribution in [2.24, 2.45) is 11.7 Å². The zero-order valence-electron chi connectivity index (χ0n) is 9.11. The Bertz CT molecular complexity index is 326. The van der Waals surface area contributed by atoms with E-state index >= 15 is 0 Å². The van der Waals surface area contributed by atoms with Crippen molar-refractivity contribution in [3.8, 4) is 0 Å². The summed E-state index contributed by atoms with van der Waals surface area (Å²) in [4.78, 5) is 0. The van der Waals surface area contributed by atoms with Gasteiger partial charge < -0.3 is 5.73 Å². The predicted octanol–water partition coefficient (Wildman–Crippen LogP) is 1.32. The summed E-state index contributed by atoms with van der Waals surface area (Å²) < 4.78 is 59.3. The van der Waals surface area contributed by atoms with E-state index in [-0.39, 0.29) is 31.4 Å². The molecule has 0 atom stereocenters. The van der Waals surface area contributed by atoms with E-state index in [9.17, 15) is 21.6 Å². The minimum atomic E-state index is -5.19. The number of rotatable bonds is 3. The van der Waals surface area contributed by atoms with Crippen LogP contribution in [0.25, 0.3) is 0 Å². The van der Waals surface area contributed by atoms with Gasteiger partial charge in [0, 0.05) is 13.1 Å². The minimum Gasteiger partial charge on any atom is -0.330 e. The number of hydrogen-bond acceptors (Lipinski definition) is 3. The Morgan fingerprint density at radius 1 is 1.24 bits per heavy atom. The number of nitrogens with two attached hydrogens (primary N) is 1. The van der Waals surface area contributed by atoms with E-state index < -0.39 is 15.5 Å². The summed E-state index contributed by atoms with van der Waals surface area (Å²) in [6, 6.07) is 0. The van der Waals surface area contributed by atoms with Crippen LogP contribution in [0.1, 0.15) is 19.3 Å². The summed E-state index contributed by atoms with van der Waals surface area (Å²) in [6.45, 7) is 0.357. The molecule has 4 nitrogen and oxygen atoms in total. The molecule has 0 saturated carbocycles. The molecule has 1 heterocycles. The molecular formula is C8H16ClF3N2O2S. The third-order valence-corrected chi connectivity index (χ3v) is 4.41. The molecule has 0 bridgehead atoms. The molecule has 9 heteroatoms. The normalized spacial score (nSPS) is 20.0. The number of alkyl halides is 3. The number of piperidine rings is 1. The van der Waals surface area contributed by atoms with Crippen molar-refractivity contribution >= 4 is 22.4 Å². The Balaban J connectivity index is 0.00000256. The third-order valence-electron chi connectivity index (χ3n) is 2.78. The summed E-state index contributed by atoms with van der Waals surface area (Å²) in [5.74, 6) is 0.240. The standard InChI is InChI=1S/C8H15F3N2O2S.ClH/c9-8(10,11)16(14,15)13-5-2-7(1-4-12)3-6-13;/h7H,1-6,12H2;1H. The first-order valence-corrected chi connectivity index (χ1v) is 6.49. The zero-order valence-corrected chi connectivity index (χ0v) is 10.7. The Hall–Kier alpha value is -0.0500. The quantitative estimate of drug-likeness (QED) is 0.854. The lowest BCUT2D eigenvalue weighted by Crippen LogP contribution is -2.45. The van der Waals surface area contributed by atoms with E-state index in [4.69, 9.17) is 5.73 Å². The van der Waals surface area contributed by atoms with E-state index in [2.05, 4.69) is 0 Å². The number of nitrogens with zero attached hydrogens (tertiary/aromatic N) is 1. The first kappa shape index (κ1) is 16.9. The number of hydrogen-bond donors (Lipinski definition) is 1. The SMILES string of the molecule is Cl.NCCC1CCN(S(=O)(=O)C(F)(F)F)CC1. The van der Waals surface area contributed by atoms with Crippen LogP contribution in [0, 0.1) is 5.92 Å². The van der Waals surface area contributed by atoms with E-state index in [1.54, 1.807) is 0 Å². The molecule has 0 unspecified atom stereocenters. The maximum absolute atomic E-state index is 12.2. The van der Waals surface area contributed by atoms with Crippen molar-refractivity contribution in [1.82, 2.24) is 4.31 Å². The Kier molecular flexibility index (Phi) is 6.20. The highest BCUT2D eigenvalue weighted by molar-refractivity contribution is 7.90. The Morgan fingerprint density at radius 2 is 1.71 bits per heavy atom. The first-order chi connectivity index (χ1) is 7.29. The van der Waals surface area contributed by atoms with Gasteiger partial charge in [0.15, 0.2) is 0 Å². The highest BCUT2D eigenvalue weighted by Gasteiger charge is 2.50. The molecule has 0 aliphatic carbocycles. The molecule has 1 fully saturated rings. The predicted molar refractivity (Wildman–Crippen MR) is 60.2 cm³/mol. The van der Waals surface area contributed by atoms with Gasteiger partial charge in [-0.2, -0.15) is 17.5 Å². The van der Waals surface area contributed by atoms with Gasteiger partial charge in [-0.15, -0.1) is 12.4 Å². The fraction of sp³-hybridized carbons (Fsp3) is 1.00. The van der Waals surface area contributed by atoms with Crippen molar-refractivity contribution in [2.75, 3.05) is 19.6 Å². The molecule has 0 aromatic carbocycles. The average molecular weight is 297 g/mol. The van der Waals surface area contributed by atoms with Crippen molar-refractivity contribution < 1.29 is 21.6 Å². The average Bonchev–Trinajstić information content (AvgIpc) is 2.17. The third kappa shape index (κ3) is 3.97. The van der Waals surface area contributed by atoms with Crippen molar-refractivity contribution in [1.29, 1.82) is 0 Å². The molecule has 2 N–H and O–H groups in total. The van der Waals surface area contributed by atoms with Crippen LogP contribution in [-0.2, 0) is 10.0 Å². The van der Waals surface area contributed by atoms with Gasteiger partial charge in [-0.05, 0) is 31.7 Å². The molecule has 0 spiro atoms. The monoisotopic (exact) mass is 296 g/mol. The van der Waals surface area contributed by atoms with E-state index in [0.717, 1.165) is 6.42 Å². The van der Waals surface area contributed by atoms with Gasteiger partial charge in [-0.25, -0.2) is 8.42 Å². The van der Waals surface area contributed by atoms with Gasteiger partial charge in [0.25, 0.3) is 0 Å². The molecule has 0 aromatic rings. The second kappa shape index (κ2) is 6.21. The van der Waals surface area contributed by atoms with Gasteiger partial charge in [-0.3, -0.25) is 0 Å². The molecule has 0 aromatic heterocycles. The van der Waals surface area contributed by atoms with Crippen molar-refractivity contribution in [3.63, 3.8) is 0 Å². The van der Waals surface area contributed by atoms with Crippen molar-refractivity contribution in [2.45, 2.75) is 24.8 Å². The maximum Gasteiger partial charge on any atom is 0.511 e. The molecular weight excluding hydrogens is 281 g/mol. The second-order valence-corrected chi connectivity index (χ2v) is 5.80. The van der Waals surface area contributed by atoms with E-state index in [1.165, 1.54) is 0 Å². The van der Waals surface area contributed by atoms with E-state index in [0.29, 0.717) is 23.7 Å². The highest BCUT2D eigenvalue weighted by Crippen LogP contribution is 2.30. The van der Waals surface area contributed by atoms with Gasteiger partial charge >= 0.3 is 15.5 Å². The molecule has 0 radical (unpaired) electrons. The highest BCUT2D eigenvalue weighted by atomic mass is 35.5. The topological polar surface area (TPSA) is 63.4 Å². The molecule has 17 heavy (non-hydrogen) atoms. The molecule has 1 rings (SSSR count). The van der Waals surface area contributed by atoms with Crippen LogP contribution in [0.4, 0.5) is 13.2 Å². The zero-order chi connectivity index (χ0) is 12.4. The minimum absolute atomic E-state index is 0. The molecule has 0 amide bonds. The fourth-order valence-corrected chi connectivity index (χ4v) is 2.80. The summed E-state index contributed by atoms with van der Waals surface area (Å²) in [7, 11) is -5.14. The second-order valence-electron chi connectivity index (χ2n) is 3.87. The first-order valence-electron chi connectivity index (χ1n) is 5.05. The lowest BCUT2D eigenvalue weighted by atomic mass is 9.95. The van der Waals surface area contributed by atoms with Crippen LogP contribution in [-0.4, -0.2) is 37.9 Å². The summed E-state index contributed by atoms with van der Waals surface area (Å²) >= 11 is 0. The summed E-state index contributed by atoms with van der Waals surface area (Å²) in [5, 5.41) is 0. The lowest BCUT2D eigenvalue weighted by molar-refractivity contribution is -0.0497. The van der Waals surface area contributed by atoms with Crippen LogP contribution >= 0.6 is 12.4 Å². The van der Waals surface area contributed by atoms with Crippen LogP contribution < -0.4 is 5.73 Å². The summed E-state index contributed by atoms with van der Waals surface area (Å²) in [6.07, 6.45) is 1.64. The lowest BCUT2D eigenvalue weighted by Gasteiger charge is -2.31. The van der Waals surface area contributed by atoms with Crippen LogP contribution in [0.2, 0.25) is 0 Å². The van der Waals surface area contributed by atoms with Crippen LogP contribution in [0.3, 0.4) is 0 Å². The number of sulfonamides is 1. The molecule has 1 saturated heterocycles. The van der Waals surface area contributed by atoms with Crippen molar-refractivity contribution in [3.05, 3.63) is 0 Å². The van der Waals surface area contributed by atoms with Gasteiger partial charge in [0.2, 0.25) is 0 Å². The fourth-order valence-electron chi connectivity index (χ4n) is 1.82. The number of halogens is 4. The van der Waals surface area contributed by atoms with Crippen LogP contribution in [0.15, 0.2) is 0 Å². The maximum atomic E-state index is 12.2. The van der Waals surface area contributed by atoms with E-state index in [1.807, 2.05) is 0 Å². The van der Waals surface area contributed by atoms with Gasteiger partial charge in [0.05, 0.1) is 0 Å². The largest absolute Gasteiger partial charge is 0.511 e. The van der Waals surface area contributed by atoms with Gasteiger partial charge in [-0.1, -0.05) is 0 Å². The molecule has 1 aliphatic rings. The Labute approximate surface area is 105 Å². The summed E-state index contributed by atoms with van der Waals surface area (Å²) in [5.41, 5.74) is 0.150. The van der Waals surface area contributed by atoms with Gasteiger partial charge in [0.1, 0.15) is 0 Å². The smallest absolute Gasteiger partial charge is 0.330 e. The van der Waals surface area contributed by atoms with Crippen LogP contribution in [0.5, 0.6) is 0 Å². The molecule has 104 valence electrons. The Morgan fingerprint density at radius 3 is 2.06 bits per heavy atom.